The number of hydrogen-bond donors (Lipinski definition) is 3. The van der Waals surface area contributed by atoms with E-state index < -0.39 is 35.6 Å². The van der Waals surface area contributed by atoms with Crippen molar-refractivity contribution < 1.29 is 23.9 Å². The van der Waals surface area contributed by atoms with Gasteiger partial charge >= 0.3 is 0 Å². The number of para-hydroxylation sites is 1. The number of nitrogens with one attached hydrogen (secondary N) is 1. The Morgan fingerprint density at radius 1 is 1.21 bits per heavy atom. The number of carbonyl (C=O) groups is 3. The number of nitrogens with zero attached hydrogens (tertiary/aromatic N) is 3. The van der Waals surface area contributed by atoms with E-state index in [-0.39, 0.29) is 42.4 Å². The summed E-state index contributed by atoms with van der Waals surface area (Å²) in [5, 5.41) is 16.9. The molecule has 0 spiro atoms. The van der Waals surface area contributed by atoms with E-state index in [2.05, 4.69) is 10.4 Å². The number of aliphatic hydroxyl groups is 1. The van der Waals surface area contributed by atoms with E-state index in [4.69, 9.17) is 17.3 Å². The number of nitrogens with two attached hydrogens (primary N) is 1. The SMILES string of the molecule is NC(=O)c1nn(CC(=O)N2[C@@H](CO)C[C@@H]2C(=O)NCc2cccc(Cl)c2F)c2ccccc12. The van der Waals surface area contributed by atoms with Gasteiger partial charge in [0.1, 0.15) is 18.4 Å². The molecule has 172 valence electrons. The van der Waals surface area contributed by atoms with E-state index in [0.717, 1.165) is 0 Å². The number of aromatic nitrogens is 2. The van der Waals surface area contributed by atoms with Crippen LogP contribution in [0.4, 0.5) is 4.39 Å². The first kappa shape index (κ1) is 22.7. The average molecular weight is 474 g/mol. The maximum Gasteiger partial charge on any atom is 0.269 e. The van der Waals surface area contributed by atoms with Crippen molar-refractivity contribution in [3.8, 4) is 0 Å². The van der Waals surface area contributed by atoms with E-state index in [1.807, 2.05) is 0 Å². The van der Waals surface area contributed by atoms with Crippen LogP contribution in [0, 0.1) is 5.82 Å². The fraction of sp³-hybridized carbons (Fsp3) is 0.273. The van der Waals surface area contributed by atoms with Crippen molar-refractivity contribution in [2.75, 3.05) is 6.61 Å². The molecular formula is C22H21ClFN5O4. The van der Waals surface area contributed by atoms with Gasteiger partial charge in [0.25, 0.3) is 5.91 Å². The number of benzene rings is 2. The predicted octanol–water partition coefficient (Wildman–Crippen LogP) is 1.21. The topological polar surface area (TPSA) is 131 Å². The summed E-state index contributed by atoms with van der Waals surface area (Å²) in [5.74, 6) is -2.28. The van der Waals surface area contributed by atoms with Crippen molar-refractivity contribution in [3.63, 3.8) is 0 Å². The van der Waals surface area contributed by atoms with Gasteiger partial charge in [-0.2, -0.15) is 5.10 Å². The number of aliphatic hydroxyl groups excluding tert-OH is 1. The highest BCUT2D eigenvalue weighted by atomic mass is 35.5. The molecule has 11 heteroatoms. The lowest BCUT2D eigenvalue weighted by molar-refractivity contribution is -0.156. The molecule has 0 bridgehead atoms. The Morgan fingerprint density at radius 2 is 1.97 bits per heavy atom. The van der Waals surface area contributed by atoms with Gasteiger partial charge in [-0.25, -0.2) is 4.39 Å². The Morgan fingerprint density at radius 3 is 2.70 bits per heavy atom. The van der Waals surface area contributed by atoms with Crippen LogP contribution in [0.25, 0.3) is 10.9 Å². The molecular weight excluding hydrogens is 453 g/mol. The molecule has 3 amide bonds. The van der Waals surface area contributed by atoms with E-state index in [9.17, 15) is 23.9 Å². The minimum Gasteiger partial charge on any atom is -0.394 e. The molecule has 4 N–H and O–H groups in total. The minimum atomic E-state index is -0.825. The molecule has 1 saturated heterocycles. The standard InChI is InChI=1S/C22H21ClFN5O4/c23-15-6-3-4-12(19(15)24)9-26-22(33)17-8-13(11-30)29(17)18(31)10-28-16-7-2-1-5-14(16)20(27-28)21(25)32/h1-7,13,17,30H,8-11H2,(H2,25,32)(H,26,33)/t13-,17-/m1/s1. The third kappa shape index (κ3) is 4.27. The molecule has 0 radical (unpaired) electrons. The molecule has 2 atom stereocenters. The number of halogens is 2. The van der Waals surface area contributed by atoms with Gasteiger partial charge in [-0.15, -0.1) is 0 Å². The molecule has 2 heterocycles. The third-order valence-corrected chi connectivity index (χ3v) is 5.98. The van der Waals surface area contributed by atoms with Crippen LogP contribution in [-0.2, 0) is 22.7 Å². The van der Waals surface area contributed by atoms with Gasteiger partial charge < -0.3 is 21.1 Å². The van der Waals surface area contributed by atoms with Crippen molar-refractivity contribution in [1.29, 1.82) is 0 Å². The summed E-state index contributed by atoms with van der Waals surface area (Å²) in [4.78, 5) is 38.8. The number of rotatable bonds is 7. The van der Waals surface area contributed by atoms with Gasteiger partial charge in [-0.3, -0.25) is 19.1 Å². The first-order valence-corrected chi connectivity index (χ1v) is 10.6. The van der Waals surface area contributed by atoms with Crippen LogP contribution in [0.3, 0.4) is 0 Å². The van der Waals surface area contributed by atoms with Crippen molar-refractivity contribution in [3.05, 3.63) is 64.6 Å². The second-order valence-electron chi connectivity index (χ2n) is 7.71. The van der Waals surface area contributed by atoms with Crippen molar-refractivity contribution in [2.45, 2.75) is 31.6 Å². The second-order valence-corrected chi connectivity index (χ2v) is 8.11. The Labute approximate surface area is 192 Å². The number of fused-ring (bicyclic) bond motifs is 1. The Kier molecular flexibility index (Phi) is 6.30. The lowest BCUT2D eigenvalue weighted by Gasteiger charge is -2.46. The van der Waals surface area contributed by atoms with Crippen LogP contribution in [0.5, 0.6) is 0 Å². The van der Waals surface area contributed by atoms with Gasteiger partial charge in [0.15, 0.2) is 5.69 Å². The molecule has 0 saturated carbocycles. The molecule has 33 heavy (non-hydrogen) atoms. The lowest BCUT2D eigenvalue weighted by Crippen LogP contribution is -2.65. The van der Waals surface area contributed by atoms with Crippen LogP contribution in [-0.4, -0.2) is 56.2 Å². The largest absolute Gasteiger partial charge is 0.394 e. The highest BCUT2D eigenvalue weighted by molar-refractivity contribution is 6.30. The van der Waals surface area contributed by atoms with Crippen molar-refractivity contribution in [1.82, 2.24) is 20.0 Å². The first-order valence-electron chi connectivity index (χ1n) is 10.2. The monoisotopic (exact) mass is 473 g/mol. The lowest BCUT2D eigenvalue weighted by atomic mass is 9.92. The zero-order valence-corrected chi connectivity index (χ0v) is 18.1. The Bertz CT molecular complexity index is 1250. The van der Waals surface area contributed by atoms with E-state index >= 15 is 0 Å². The van der Waals surface area contributed by atoms with Gasteiger partial charge in [0.05, 0.1) is 23.2 Å². The molecule has 1 fully saturated rings. The summed E-state index contributed by atoms with van der Waals surface area (Å²) < 4.78 is 15.4. The molecule has 0 unspecified atom stereocenters. The van der Waals surface area contributed by atoms with Crippen LogP contribution in [0.2, 0.25) is 5.02 Å². The van der Waals surface area contributed by atoms with E-state index in [1.165, 1.54) is 21.7 Å². The van der Waals surface area contributed by atoms with Crippen LogP contribution in [0.15, 0.2) is 42.5 Å². The van der Waals surface area contributed by atoms with Gasteiger partial charge in [-0.1, -0.05) is 41.9 Å². The second kappa shape index (κ2) is 9.16. The normalized spacial score (nSPS) is 17.6. The summed E-state index contributed by atoms with van der Waals surface area (Å²) in [7, 11) is 0. The summed E-state index contributed by atoms with van der Waals surface area (Å²) in [5.41, 5.74) is 6.19. The summed E-state index contributed by atoms with van der Waals surface area (Å²) in [6.07, 6.45) is 0.262. The van der Waals surface area contributed by atoms with Crippen LogP contribution >= 0.6 is 11.6 Å². The quantitative estimate of drug-likeness (QED) is 0.474. The van der Waals surface area contributed by atoms with Crippen LogP contribution < -0.4 is 11.1 Å². The van der Waals surface area contributed by atoms with E-state index in [0.29, 0.717) is 10.9 Å². The highest BCUT2D eigenvalue weighted by Gasteiger charge is 2.45. The van der Waals surface area contributed by atoms with Crippen LogP contribution in [0.1, 0.15) is 22.5 Å². The molecule has 0 aliphatic carbocycles. The maximum atomic E-state index is 14.1. The number of hydrogen-bond acceptors (Lipinski definition) is 5. The number of likely N-dealkylation sites (tertiary alicyclic amines) is 1. The summed E-state index contributed by atoms with van der Waals surface area (Å²) in [6, 6.07) is 9.96. The fourth-order valence-corrected chi connectivity index (χ4v) is 4.19. The van der Waals surface area contributed by atoms with Gasteiger partial charge in [0, 0.05) is 17.5 Å². The smallest absolute Gasteiger partial charge is 0.269 e. The number of amides is 3. The van der Waals surface area contributed by atoms with Crippen molar-refractivity contribution >= 4 is 40.2 Å². The number of primary amides is 1. The predicted molar refractivity (Wildman–Crippen MR) is 118 cm³/mol. The molecule has 9 nitrogen and oxygen atoms in total. The minimum absolute atomic E-state index is 0.0403. The molecule has 4 rings (SSSR count). The van der Waals surface area contributed by atoms with Gasteiger partial charge in [-0.05, 0) is 18.6 Å². The molecule has 1 aliphatic heterocycles. The summed E-state index contributed by atoms with van der Waals surface area (Å²) >= 11 is 5.77. The van der Waals surface area contributed by atoms with Gasteiger partial charge in [0.2, 0.25) is 11.8 Å². The zero-order chi connectivity index (χ0) is 23.7. The fourth-order valence-electron chi connectivity index (χ4n) is 4.00. The highest BCUT2D eigenvalue weighted by Crippen LogP contribution is 2.27. The molecule has 1 aliphatic rings. The zero-order valence-electron chi connectivity index (χ0n) is 17.4. The average Bonchev–Trinajstić information content (AvgIpc) is 3.13. The number of carbonyl (C=O) groups excluding carboxylic acids is 3. The van der Waals surface area contributed by atoms with E-state index in [1.54, 1.807) is 30.3 Å². The molecule has 2 aromatic carbocycles. The Balaban J connectivity index is 1.49. The maximum absolute atomic E-state index is 14.1. The Hall–Kier alpha value is -3.50. The molecule has 1 aromatic heterocycles. The molecule has 3 aromatic rings. The third-order valence-electron chi connectivity index (χ3n) is 5.69. The summed E-state index contributed by atoms with van der Waals surface area (Å²) in [6.45, 7) is -0.666. The van der Waals surface area contributed by atoms with Crippen molar-refractivity contribution in [2.24, 2.45) is 5.73 Å². The first-order chi connectivity index (χ1) is 15.8.